The van der Waals surface area contributed by atoms with Crippen molar-refractivity contribution in [3.63, 3.8) is 0 Å². The van der Waals surface area contributed by atoms with E-state index in [0.717, 1.165) is 12.0 Å². The van der Waals surface area contributed by atoms with Crippen LogP contribution in [-0.2, 0) is 21.2 Å². The number of carbonyl (C=O) groups is 1. The summed E-state index contributed by atoms with van der Waals surface area (Å²) in [5.41, 5.74) is 1.15. The fourth-order valence-corrected chi connectivity index (χ4v) is 3.57. The summed E-state index contributed by atoms with van der Waals surface area (Å²) in [5.74, 6) is -0.100. The number of sulfonamides is 1. The highest BCUT2D eigenvalue weighted by atomic mass is 32.2. The van der Waals surface area contributed by atoms with E-state index in [4.69, 9.17) is 0 Å². The second kappa shape index (κ2) is 9.89. The van der Waals surface area contributed by atoms with Crippen molar-refractivity contribution in [1.29, 1.82) is 0 Å². The molecule has 5 nitrogen and oxygen atoms in total. The fraction of sp³-hybridized carbons (Fsp3) is 0.250. The molecule has 2 rings (SSSR count). The zero-order chi connectivity index (χ0) is 18.8. The van der Waals surface area contributed by atoms with Crippen LogP contribution in [0.4, 0.5) is 0 Å². The van der Waals surface area contributed by atoms with Crippen LogP contribution in [-0.4, -0.2) is 38.9 Å². The van der Waals surface area contributed by atoms with Gasteiger partial charge in [-0.25, -0.2) is 13.1 Å². The van der Waals surface area contributed by atoms with Gasteiger partial charge in [-0.2, -0.15) is 0 Å². The quantitative estimate of drug-likeness (QED) is 0.652. The Kier molecular flexibility index (Phi) is 7.56. The average Bonchev–Trinajstić information content (AvgIpc) is 2.66. The van der Waals surface area contributed by atoms with Crippen LogP contribution in [0.25, 0.3) is 0 Å². The van der Waals surface area contributed by atoms with E-state index in [1.54, 1.807) is 29.2 Å². The van der Waals surface area contributed by atoms with Crippen molar-refractivity contribution >= 4 is 15.9 Å². The second-order valence-corrected chi connectivity index (χ2v) is 7.59. The molecule has 0 unspecified atom stereocenters. The number of benzene rings is 2. The Bertz CT molecular complexity index is 805. The summed E-state index contributed by atoms with van der Waals surface area (Å²) in [6, 6.07) is 18.0. The SMILES string of the molecule is C=CCN(CCc1ccccc1)C(=O)CCNS(=O)(=O)c1ccccc1. The summed E-state index contributed by atoms with van der Waals surface area (Å²) >= 11 is 0. The fourth-order valence-electron chi connectivity index (χ4n) is 2.52. The molecule has 0 aromatic heterocycles. The first kappa shape index (κ1) is 19.9. The van der Waals surface area contributed by atoms with Gasteiger partial charge in [0, 0.05) is 26.1 Å². The van der Waals surface area contributed by atoms with E-state index in [1.165, 1.54) is 12.1 Å². The van der Waals surface area contributed by atoms with Crippen LogP contribution in [0.3, 0.4) is 0 Å². The molecule has 1 N–H and O–H groups in total. The van der Waals surface area contributed by atoms with E-state index in [-0.39, 0.29) is 23.8 Å². The minimum atomic E-state index is -3.59. The number of carbonyl (C=O) groups excluding carboxylic acids is 1. The molecule has 0 aliphatic carbocycles. The third-order valence-corrected chi connectivity index (χ3v) is 5.38. The maximum absolute atomic E-state index is 12.4. The van der Waals surface area contributed by atoms with Crippen molar-refractivity contribution in [3.8, 4) is 0 Å². The van der Waals surface area contributed by atoms with E-state index < -0.39 is 10.0 Å². The van der Waals surface area contributed by atoms with Gasteiger partial charge in [0.05, 0.1) is 4.90 Å². The molecule has 0 bridgehead atoms. The molecule has 0 spiro atoms. The van der Waals surface area contributed by atoms with E-state index >= 15 is 0 Å². The lowest BCUT2D eigenvalue weighted by Crippen LogP contribution is -2.36. The van der Waals surface area contributed by atoms with Crippen LogP contribution in [0.2, 0.25) is 0 Å². The molecule has 0 saturated carbocycles. The van der Waals surface area contributed by atoms with Crippen LogP contribution >= 0.6 is 0 Å². The van der Waals surface area contributed by atoms with Gasteiger partial charge in [0.2, 0.25) is 15.9 Å². The minimum absolute atomic E-state index is 0.0645. The van der Waals surface area contributed by atoms with Crippen LogP contribution in [0, 0.1) is 0 Å². The van der Waals surface area contributed by atoms with Gasteiger partial charge in [-0.1, -0.05) is 54.6 Å². The van der Waals surface area contributed by atoms with E-state index in [1.807, 2.05) is 30.3 Å². The highest BCUT2D eigenvalue weighted by molar-refractivity contribution is 7.89. The van der Waals surface area contributed by atoms with E-state index in [9.17, 15) is 13.2 Å². The predicted molar refractivity (Wildman–Crippen MR) is 103 cm³/mol. The molecule has 0 heterocycles. The van der Waals surface area contributed by atoms with Gasteiger partial charge in [-0.15, -0.1) is 6.58 Å². The molecule has 2 aromatic carbocycles. The molecular formula is C20H24N2O3S. The van der Waals surface area contributed by atoms with E-state index in [0.29, 0.717) is 13.1 Å². The number of amides is 1. The second-order valence-electron chi connectivity index (χ2n) is 5.82. The van der Waals surface area contributed by atoms with Crippen LogP contribution in [0.1, 0.15) is 12.0 Å². The molecule has 6 heteroatoms. The maximum atomic E-state index is 12.4. The van der Waals surface area contributed by atoms with Crippen molar-refractivity contribution in [1.82, 2.24) is 9.62 Å². The van der Waals surface area contributed by atoms with Crippen LogP contribution < -0.4 is 4.72 Å². The van der Waals surface area contributed by atoms with Gasteiger partial charge < -0.3 is 4.90 Å². The predicted octanol–water partition coefficient (Wildman–Crippen LogP) is 2.61. The molecule has 2 aromatic rings. The molecular weight excluding hydrogens is 348 g/mol. The van der Waals surface area contributed by atoms with Crippen LogP contribution in [0.5, 0.6) is 0 Å². The maximum Gasteiger partial charge on any atom is 0.240 e. The molecule has 0 radical (unpaired) electrons. The van der Waals surface area contributed by atoms with Gasteiger partial charge in [-0.05, 0) is 24.1 Å². The lowest BCUT2D eigenvalue weighted by Gasteiger charge is -2.21. The van der Waals surface area contributed by atoms with Gasteiger partial charge in [-0.3, -0.25) is 4.79 Å². The topological polar surface area (TPSA) is 66.5 Å². The van der Waals surface area contributed by atoms with Gasteiger partial charge >= 0.3 is 0 Å². The van der Waals surface area contributed by atoms with Gasteiger partial charge in [0.1, 0.15) is 0 Å². The largest absolute Gasteiger partial charge is 0.339 e. The molecule has 0 aliphatic heterocycles. The summed E-state index contributed by atoms with van der Waals surface area (Å²) in [7, 11) is -3.59. The lowest BCUT2D eigenvalue weighted by molar-refractivity contribution is -0.130. The third-order valence-electron chi connectivity index (χ3n) is 3.90. The van der Waals surface area contributed by atoms with Crippen molar-refractivity contribution in [2.75, 3.05) is 19.6 Å². The van der Waals surface area contributed by atoms with Gasteiger partial charge in [0.15, 0.2) is 0 Å². The Hall–Kier alpha value is -2.44. The van der Waals surface area contributed by atoms with Crippen molar-refractivity contribution in [2.24, 2.45) is 0 Å². The number of hydrogen-bond acceptors (Lipinski definition) is 3. The molecule has 0 atom stereocenters. The van der Waals surface area contributed by atoms with Crippen molar-refractivity contribution in [2.45, 2.75) is 17.7 Å². The third kappa shape index (κ3) is 6.13. The zero-order valence-electron chi connectivity index (χ0n) is 14.7. The Labute approximate surface area is 155 Å². The number of nitrogens with zero attached hydrogens (tertiary/aromatic N) is 1. The highest BCUT2D eigenvalue weighted by Gasteiger charge is 2.16. The molecule has 0 saturated heterocycles. The monoisotopic (exact) mass is 372 g/mol. The summed E-state index contributed by atoms with van der Waals surface area (Å²) in [6.45, 7) is 4.77. The first-order chi connectivity index (χ1) is 12.5. The summed E-state index contributed by atoms with van der Waals surface area (Å²) in [5, 5.41) is 0. The molecule has 0 fully saturated rings. The summed E-state index contributed by atoms with van der Waals surface area (Å²) in [4.78, 5) is 14.3. The minimum Gasteiger partial charge on any atom is -0.339 e. The van der Waals surface area contributed by atoms with E-state index in [2.05, 4.69) is 11.3 Å². The number of rotatable bonds is 10. The zero-order valence-corrected chi connectivity index (χ0v) is 15.5. The normalized spacial score (nSPS) is 11.1. The Morgan fingerprint density at radius 3 is 2.27 bits per heavy atom. The number of hydrogen-bond donors (Lipinski definition) is 1. The average molecular weight is 372 g/mol. The summed E-state index contributed by atoms with van der Waals surface area (Å²) < 4.78 is 26.8. The standard InChI is InChI=1S/C20H24N2O3S/c1-2-16-22(17-14-18-9-5-3-6-10-18)20(23)13-15-21-26(24,25)19-11-7-4-8-12-19/h2-12,21H,1,13-17H2. The van der Waals surface area contributed by atoms with Crippen molar-refractivity contribution in [3.05, 3.63) is 78.9 Å². The summed E-state index contributed by atoms with van der Waals surface area (Å²) in [6.07, 6.45) is 2.53. The molecule has 1 amide bonds. The molecule has 26 heavy (non-hydrogen) atoms. The van der Waals surface area contributed by atoms with Crippen LogP contribution in [0.15, 0.2) is 78.2 Å². The first-order valence-electron chi connectivity index (χ1n) is 8.50. The number of nitrogens with one attached hydrogen (secondary N) is 1. The highest BCUT2D eigenvalue weighted by Crippen LogP contribution is 2.07. The first-order valence-corrected chi connectivity index (χ1v) is 9.98. The Balaban J connectivity index is 1.86. The molecule has 0 aliphatic rings. The smallest absolute Gasteiger partial charge is 0.240 e. The van der Waals surface area contributed by atoms with Gasteiger partial charge in [0.25, 0.3) is 0 Å². The lowest BCUT2D eigenvalue weighted by atomic mass is 10.1. The van der Waals surface area contributed by atoms with Crippen molar-refractivity contribution < 1.29 is 13.2 Å². The Morgan fingerprint density at radius 2 is 1.65 bits per heavy atom. The molecule has 138 valence electrons. The Morgan fingerprint density at radius 1 is 1.04 bits per heavy atom.